The Hall–Kier alpha value is -2.91. The number of hydrogen-bond donors (Lipinski definition) is 2. The minimum absolute atomic E-state index is 0.0812. The fourth-order valence-corrected chi connectivity index (χ4v) is 3.14. The zero-order valence-electron chi connectivity index (χ0n) is 15.1. The molecular weight excluding hydrogens is 384 g/mol. The fourth-order valence-electron chi connectivity index (χ4n) is 2.60. The lowest BCUT2D eigenvalue weighted by Gasteiger charge is -2.19. The molecule has 1 amide bonds. The molecule has 148 valence electrons. The molecule has 9 heteroatoms. The average Bonchev–Trinajstić information content (AvgIpc) is 3.49. The molecule has 0 saturated heterocycles. The van der Waals surface area contributed by atoms with Gasteiger partial charge in [-0.3, -0.25) is 4.79 Å². The Kier molecular flexibility index (Phi) is 5.66. The van der Waals surface area contributed by atoms with E-state index in [-0.39, 0.29) is 22.3 Å². The Balaban J connectivity index is 1.92. The van der Waals surface area contributed by atoms with Crippen molar-refractivity contribution in [1.82, 2.24) is 5.32 Å². The second-order valence-electron chi connectivity index (χ2n) is 6.39. The third kappa shape index (κ3) is 4.68. The van der Waals surface area contributed by atoms with Crippen molar-refractivity contribution in [2.24, 2.45) is 5.14 Å². The Morgan fingerprint density at radius 3 is 2.39 bits per heavy atom. The van der Waals surface area contributed by atoms with Crippen molar-refractivity contribution in [3.8, 4) is 5.75 Å². The lowest BCUT2D eigenvalue weighted by Crippen LogP contribution is -2.33. The van der Waals surface area contributed by atoms with Gasteiger partial charge in [-0.25, -0.2) is 18.4 Å². The maximum Gasteiger partial charge on any atom is 0.343 e. The van der Waals surface area contributed by atoms with E-state index in [1.807, 2.05) is 0 Å². The molecule has 28 heavy (non-hydrogen) atoms. The normalized spacial score (nSPS) is 14.8. The molecule has 0 aromatic heterocycles. The van der Waals surface area contributed by atoms with E-state index in [0.29, 0.717) is 5.56 Å². The number of esters is 1. The van der Waals surface area contributed by atoms with Gasteiger partial charge < -0.3 is 14.8 Å². The summed E-state index contributed by atoms with van der Waals surface area (Å²) in [6.45, 7) is 0. The van der Waals surface area contributed by atoms with Crippen LogP contribution in [0.5, 0.6) is 5.75 Å². The van der Waals surface area contributed by atoms with Gasteiger partial charge in [-0.05, 0) is 31.0 Å². The lowest BCUT2D eigenvalue weighted by molar-refractivity contribution is -0.130. The van der Waals surface area contributed by atoms with Crippen LogP contribution in [0, 0.1) is 0 Å². The molecule has 0 radical (unpaired) electrons. The van der Waals surface area contributed by atoms with Crippen LogP contribution in [0.25, 0.3) is 0 Å². The Morgan fingerprint density at radius 1 is 1.14 bits per heavy atom. The molecule has 1 aliphatic rings. The van der Waals surface area contributed by atoms with Crippen LogP contribution in [0.4, 0.5) is 0 Å². The molecule has 2 aromatic rings. The molecule has 1 aliphatic carbocycles. The minimum atomic E-state index is -4.03. The second kappa shape index (κ2) is 7.99. The zero-order chi connectivity index (χ0) is 20.3. The third-order valence-electron chi connectivity index (χ3n) is 4.21. The summed E-state index contributed by atoms with van der Waals surface area (Å²) in [4.78, 5) is 25.1. The molecule has 1 saturated carbocycles. The summed E-state index contributed by atoms with van der Waals surface area (Å²) in [6, 6.07) is 12.2. The van der Waals surface area contributed by atoms with E-state index in [9.17, 15) is 18.0 Å². The van der Waals surface area contributed by atoms with Crippen molar-refractivity contribution >= 4 is 21.9 Å². The molecule has 3 rings (SSSR count). The molecule has 0 spiro atoms. The number of benzene rings is 2. The summed E-state index contributed by atoms with van der Waals surface area (Å²) < 4.78 is 33.8. The van der Waals surface area contributed by atoms with E-state index in [4.69, 9.17) is 14.6 Å². The van der Waals surface area contributed by atoms with E-state index in [2.05, 4.69) is 5.32 Å². The molecular formula is C19H20N2O6S. The molecule has 0 heterocycles. The van der Waals surface area contributed by atoms with Crippen molar-refractivity contribution in [3.63, 3.8) is 0 Å². The first-order valence-electron chi connectivity index (χ1n) is 8.56. The highest BCUT2D eigenvalue weighted by molar-refractivity contribution is 7.89. The Labute approximate surface area is 162 Å². The fraction of sp³-hybridized carbons (Fsp3) is 0.263. The predicted octanol–water partition coefficient (Wildman–Crippen LogP) is 1.52. The standard InChI is InChI=1S/C19H20N2O6S/c1-26-16-10-9-14(28(20,24)25)11-15(16)19(23)27-17(12-5-3-2-4-6-12)18(22)21-13-7-8-13/h2-6,9-11,13,17H,7-8H2,1H3,(H,21,22)(H2,20,24,25)/t17-/m1/s1. The first-order chi connectivity index (χ1) is 13.3. The number of amides is 1. The van der Waals surface area contributed by atoms with Gasteiger partial charge in [-0.2, -0.15) is 0 Å². The van der Waals surface area contributed by atoms with Gasteiger partial charge >= 0.3 is 5.97 Å². The number of hydrogen-bond acceptors (Lipinski definition) is 6. The number of rotatable bonds is 7. The first kappa shape index (κ1) is 19.8. The van der Waals surface area contributed by atoms with Crippen LogP contribution in [-0.2, 0) is 19.6 Å². The highest BCUT2D eigenvalue weighted by Crippen LogP contribution is 2.27. The minimum Gasteiger partial charge on any atom is -0.496 e. The highest BCUT2D eigenvalue weighted by atomic mass is 32.2. The summed E-state index contributed by atoms with van der Waals surface area (Å²) in [6.07, 6.45) is 0.578. The number of ether oxygens (including phenoxy) is 2. The second-order valence-corrected chi connectivity index (χ2v) is 7.95. The Morgan fingerprint density at radius 2 is 1.82 bits per heavy atom. The molecule has 3 N–H and O–H groups in total. The summed E-state index contributed by atoms with van der Waals surface area (Å²) >= 11 is 0. The molecule has 0 aliphatic heterocycles. The molecule has 2 aromatic carbocycles. The molecule has 8 nitrogen and oxygen atoms in total. The monoisotopic (exact) mass is 404 g/mol. The maximum atomic E-state index is 12.8. The zero-order valence-corrected chi connectivity index (χ0v) is 15.9. The summed E-state index contributed by atoms with van der Waals surface area (Å²) in [5, 5.41) is 7.95. The number of nitrogens with two attached hydrogens (primary N) is 1. The van der Waals surface area contributed by atoms with Gasteiger partial charge in [0.25, 0.3) is 5.91 Å². The van der Waals surface area contributed by atoms with Gasteiger partial charge in [-0.1, -0.05) is 30.3 Å². The summed E-state index contributed by atoms with van der Waals surface area (Å²) in [5.74, 6) is -1.24. The topological polar surface area (TPSA) is 125 Å². The van der Waals surface area contributed by atoms with Gasteiger partial charge in [0.15, 0.2) is 0 Å². The number of primary sulfonamides is 1. The lowest BCUT2D eigenvalue weighted by atomic mass is 10.1. The molecule has 0 bridgehead atoms. The predicted molar refractivity (Wildman–Crippen MR) is 100 cm³/mol. The maximum absolute atomic E-state index is 12.8. The van der Waals surface area contributed by atoms with E-state index in [1.165, 1.54) is 19.2 Å². The van der Waals surface area contributed by atoms with Crippen molar-refractivity contribution in [2.75, 3.05) is 7.11 Å². The van der Waals surface area contributed by atoms with Crippen LogP contribution in [0.2, 0.25) is 0 Å². The van der Waals surface area contributed by atoms with Crippen LogP contribution >= 0.6 is 0 Å². The van der Waals surface area contributed by atoms with Crippen LogP contribution in [0.3, 0.4) is 0 Å². The highest BCUT2D eigenvalue weighted by Gasteiger charge is 2.32. The SMILES string of the molecule is COc1ccc(S(N)(=O)=O)cc1C(=O)O[C@@H](C(=O)NC1CC1)c1ccccc1. The number of sulfonamides is 1. The number of nitrogens with one attached hydrogen (secondary N) is 1. The number of carbonyl (C=O) groups is 2. The largest absolute Gasteiger partial charge is 0.496 e. The summed E-state index contributed by atoms with van der Waals surface area (Å²) in [7, 11) is -2.70. The summed E-state index contributed by atoms with van der Waals surface area (Å²) in [5.41, 5.74) is 0.352. The first-order valence-corrected chi connectivity index (χ1v) is 10.1. The van der Waals surface area contributed by atoms with Crippen LogP contribution in [-0.4, -0.2) is 33.4 Å². The molecule has 1 atom stereocenters. The van der Waals surface area contributed by atoms with E-state index in [0.717, 1.165) is 18.9 Å². The van der Waals surface area contributed by atoms with Crippen LogP contribution < -0.4 is 15.2 Å². The third-order valence-corrected chi connectivity index (χ3v) is 5.12. The van der Waals surface area contributed by atoms with Crippen molar-refractivity contribution in [2.45, 2.75) is 29.9 Å². The van der Waals surface area contributed by atoms with E-state index in [1.54, 1.807) is 30.3 Å². The van der Waals surface area contributed by atoms with Crippen LogP contribution in [0.1, 0.15) is 34.9 Å². The van der Waals surface area contributed by atoms with Gasteiger partial charge in [0.1, 0.15) is 11.3 Å². The van der Waals surface area contributed by atoms with Gasteiger partial charge in [0.2, 0.25) is 16.1 Å². The van der Waals surface area contributed by atoms with Gasteiger partial charge in [-0.15, -0.1) is 0 Å². The average molecular weight is 404 g/mol. The van der Waals surface area contributed by atoms with Crippen molar-refractivity contribution in [1.29, 1.82) is 0 Å². The number of methoxy groups -OCH3 is 1. The molecule has 1 fully saturated rings. The quantitative estimate of drug-likeness (QED) is 0.674. The van der Waals surface area contributed by atoms with Crippen molar-refractivity contribution < 1.29 is 27.5 Å². The van der Waals surface area contributed by atoms with Crippen molar-refractivity contribution in [3.05, 3.63) is 59.7 Å². The smallest absolute Gasteiger partial charge is 0.343 e. The van der Waals surface area contributed by atoms with Crippen LogP contribution in [0.15, 0.2) is 53.4 Å². The van der Waals surface area contributed by atoms with E-state index < -0.39 is 28.0 Å². The Bertz CT molecular complexity index is 987. The molecule has 0 unspecified atom stereocenters. The number of carbonyl (C=O) groups excluding carboxylic acids is 2. The van der Waals surface area contributed by atoms with Gasteiger partial charge in [0.05, 0.1) is 12.0 Å². The van der Waals surface area contributed by atoms with E-state index >= 15 is 0 Å². The van der Waals surface area contributed by atoms with Gasteiger partial charge in [0, 0.05) is 11.6 Å².